The Morgan fingerprint density at radius 2 is 1.20 bits per heavy atom. The summed E-state index contributed by atoms with van der Waals surface area (Å²) in [7, 11) is 0. The van der Waals surface area contributed by atoms with Crippen molar-refractivity contribution in [1.29, 1.82) is 0 Å². The van der Waals surface area contributed by atoms with Gasteiger partial charge in [-0.05, 0) is 0 Å². The van der Waals surface area contributed by atoms with Crippen molar-refractivity contribution in [3.05, 3.63) is 0 Å². The number of hydrogen-bond acceptors (Lipinski definition) is 0. The van der Waals surface area contributed by atoms with Gasteiger partial charge in [-0.25, -0.2) is 0 Å². The third kappa shape index (κ3) is 18.0. The Bertz CT molecular complexity index is 11.6. The van der Waals surface area contributed by atoms with Crippen LogP contribution >= 0.6 is 0 Å². The summed E-state index contributed by atoms with van der Waals surface area (Å²) in [6.45, 7) is 0. The van der Waals surface area contributed by atoms with Gasteiger partial charge >= 0.3 is 87.8 Å². The van der Waals surface area contributed by atoms with E-state index in [1.54, 1.807) is 0 Å². The van der Waals surface area contributed by atoms with Gasteiger partial charge < -0.3 is 0 Å². The van der Waals surface area contributed by atoms with Crippen molar-refractivity contribution in [2.24, 2.45) is 0 Å². The molecule has 0 fully saturated rings. The molecule has 0 aromatic rings. The second-order valence-corrected chi connectivity index (χ2v) is 0. The zero-order chi connectivity index (χ0) is 2.00. The summed E-state index contributed by atoms with van der Waals surface area (Å²) in [6, 6.07) is 0. The van der Waals surface area contributed by atoms with Gasteiger partial charge in [0.05, 0.1) is 0 Å². The first-order valence-corrected chi connectivity index (χ1v) is 9.56. The van der Waals surface area contributed by atoms with Crippen LogP contribution in [0.2, 0.25) is 0 Å². The molecule has 0 aliphatic carbocycles. The summed E-state index contributed by atoms with van der Waals surface area (Å²) in [6.07, 6.45) is 0. The molecular formula is H6AgAuPbSbSn. The monoisotopic (exact) mass is 759 g/mol. The molecule has 0 spiro atoms. The Morgan fingerprint density at radius 3 is 1.20 bits per heavy atom. The molecule has 0 aromatic heterocycles. The van der Waals surface area contributed by atoms with E-state index in [2.05, 4.69) is 17.1 Å². The fraction of sp³-hybridized carbons (Fsp3) is 0. The van der Waals surface area contributed by atoms with E-state index in [1.807, 2.05) is 0 Å². The number of rotatable bonds is 0. The molecule has 0 aromatic carbocycles. The fourth-order valence-electron chi connectivity index (χ4n) is 0. The SMILES string of the molecule is [Ag].[PbH2].[SbH2][Au].[SnH2]. The van der Waals surface area contributed by atoms with Crippen LogP contribution in [0.3, 0.4) is 0 Å². The Kier molecular flexibility index (Phi) is 113. The first-order valence-electron chi connectivity index (χ1n) is 0.174. The first kappa shape index (κ1) is 23.0. The third-order valence-electron chi connectivity index (χ3n) is 0. The molecule has 0 N–H and O–H groups in total. The Labute approximate surface area is 107 Å². The van der Waals surface area contributed by atoms with Crippen molar-refractivity contribution in [3.8, 4) is 0 Å². The van der Waals surface area contributed by atoms with Crippen LogP contribution in [0.5, 0.6) is 0 Å². The van der Waals surface area contributed by atoms with Crippen molar-refractivity contribution >= 4 is 70.6 Å². The molecule has 5 heteroatoms. The van der Waals surface area contributed by atoms with Gasteiger partial charge in [0.25, 0.3) is 0 Å². The Balaban J connectivity index is -0.00000000167. The molecule has 0 bridgehead atoms. The molecule has 0 saturated carbocycles. The molecule has 5 radical (unpaired) electrons. The quantitative estimate of drug-likeness (QED) is 0.236. The van der Waals surface area contributed by atoms with Crippen molar-refractivity contribution in [2.75, 3.05) is 0 Å². The minimum absolute atomic E-state index is 0. The van der Waals surface area contributed by atoms with Crippen molar-refractivity contribution in [1.82, 2.24) is 0 Å². The van der Waals surface area contributed by atoms with E-state index in [9.17, 15) is 0 Å². The van der Waals surface area contributed by atoms with Gasteiger partial charge in [-0.2, -0.15) is 0 Å². The zero-order valence-corrected chi connectivity index (χ0v) is 19.1. The first-order chi connectivity index (χ1) is 1.00. The van der Waals surface area contributed by atoms with E-state index in [1.165, 1.54) is 19.4 Å². The van der Waals surface area contributed by atoms with Crippen molar-refractivity contribution in [2.45, 2.75) is 0 Å². The molecule has 0 unspecified atom stereocenters. The molecule has 0 aliphatic rings. The summed E-state index contributed by atoms with van der Waals surface area (Å²) < 4.78 is 0. The Hall–Kier alpha value is 4.02. The van der Waals surface area contributed by atoms with Gasteiger partial charge in [0, 0.05) is 22.4 Å². The normalized spacial score (nSPS) is 1.40. The standard InChI is InChI=1S/Ag.Au.Pb.Sb.Sn.6H. The molecule has 0 atom stereocenters. The maximum absolute atomic E-state index is 2.41. The molecule has 0 heterocycles. The van der Waals surface area contributed by atoms with Gasteiger partial charge in [-0.1, -0.05) is 0 Å². The van der Waals surface area contributed by atoms with Crippen LogP contribution in [-0.4, -0.2) is 70.6 Å². The summed E-state index contributed by atoms with van der Waals surface area (Å²) in [5.74, 6) is 0. The average molecular weight is 759 g/mol. The molecule has 0 saturated heterocycles. The van der Waals surface area contributed by atoms with Gasteiger partial charge in [0.2, 0.25) is 0 Å². The van der Waals surface area contributed by atoms with Crippen LogP contribution in [0.25, 0.3) is 0 Å². The molecule has 5 heavy (non-hydrogen) atoms. The molecule has 41 valence electrons. The van der Waals surface area contributed by atoms with Crippen LogP contribution in [0.4, 0.5) is 0 Å². The van der Waals surface area contributed by atoms with Crippen LogP contribution < -0.4 is 0 Å². The summed E-state index contributed by atoms with van der Waals surface area (Å²) >= 11 is 3.70. The zero-order valence-electron chi connectivity index (χ0n) is 2.59. The molecule has 0 aliphatic heterocycles. The van der Waals surface area contributed by atoms with E-state index >= 15 is 0 Å². The predicted molar refractivity (Wildman–Crippen MR) is 25.6 cm³/mol. The van der Waals surface area contributed by atoms with Crippen LogP contribution in [-0.2, 0) is 39.5 Å². The van der Waals surface area contributed by atoms with Crippen molar-refractivity contribution in [3.63, 3.8) is 0 Å². The van der Waals surface area contributed by atoms with Gasteiger partial charge in [-0.3, -0.25) is 0 Å². The number of hydrogen-bond donors (Lipinski definition) is 0. The summed E-state index contributed by atoms with van der Waals surface area (Å²) in [5, 5.41) is 0. The van der Waals surface area contributed by atoms with E-state index in [0.717, 1.165) is 0 Å². The van der Waals surface area contributed by atoms with Crippen LogP contribution in [0.15, 0.2) is 0 Å². The second kappa shape index (κ2) is 24.5. The van der Waals surface area contributed by atoms with E-state index in [-0.39, 0.29) is 73.6 Å². The topological polar surface area (TPSA) is 0 Å². The third-order valence-corrected chi connectivity index (χ3v) is 0. The van der Waals surface area contributed by atoms with E-state index in [4.69, 9.17) is 0 Å². The Morgan fingerprint density at radius 1 is 1.20 bits per heavy atom. The molecule has 0 rings (SSSR count). The second-order valence-electron chi connectivity index (χ2n) is 0. The summed E-state index contributed by atoms with van der Waals surface area (Å²) in [4.78, 5) is 0. The van der Waals surface area contributed by atoms with Gasteiger partial charge in [0.1, 0.15) is 0 Å². The average Bonchev–Trinajstić information content (AvgIpc) is 1.00. The van der Waals surface area contributed by atoms with E-state index in [0.29, 0.717) is 0 Å². The van der Waals surface area contributed by atoms with Crippen molar-refractivity contribution < 1.29 is 39.5 Å². The van der Waals surface area contributed by atoms with Gasteiger partial charge in [-0.15, -0.1) is 0 Å². The predicted octanol–water partition coefficient (Wildman–Crippen LogP) is -2.75. The summed E-state index contributed by atoms with van der Waals surface area (Å²) in [5.41, 5.74) is 0. The van der Waals surface area contributed by atoms with Gasteiger partial charge in [0.15, 0.2) is 0 Å². The van der Waals surface area contributed by atoms with E-state index < -0.39 is 0 Å². The molecule has 0 nitrogen and oxygen atoms in total. The van der Waals surface area contributed by atoms with Crippen LogP contribution in [0.1, 0.15) is 0 Å². The minimum atomic E-state index is 0. The van der Waals surface area contributed by atoms with Crippen LogP contribution in [0, 0.1) is 0 Å². The fourth-order valence-corrected chi connectivity index (χ4v) is 0. The molecular weight excluding hydrogens is 753 g/mol. The maximum atomic E-state index is 2.41. The molecule has 0 amide bonds.